The summed E-state index contributed by atoms with van der Waals surface area (Å²) in [5, 5.41) is 3.46. The smallest absolute Gasteiger partial charge is 0.193 e. The highest BCUT2D eigenvalue weighted by Gasteiger charge is 2.19. The van der Waals surface area contributed by atoms with E-state index in [-0.39, 0.29) is 0 Å². The Hall–Kier alpha value is -1.55. The fourth-order valence-corrected chi connectivity index (χ4v) is 2.59. The number of piperazine rings is 1. The average molecular weight is 288 g/mol. The first kappa shape index (κ1) is 15.8. The van der Waals surface area contributed by atoms with Gasteiger partial charge in [0, 0.05) is 46.3 Å². The molecule has 1 fully saturated rings. The second-order valence-corrected chi connectivity index (χ2v) is 6.07. The predicted octanol–water partition coefficient (Wildman–Crippen LogP) is 2.04. The van der Waals surface area contributed by atoms with Crippen molar-refractivity contribution in [1.29, 1.82) is 0 Å². The van der Waals surface area contributed by atoms with Crippen molar-refractivity contribution in [1.82, 2.24) is 15.1 Å². The van der Waals surface area contributed by atoms with Crippen LogP contribution in [-0.2, 0) is 6.54 Å². The molecule has 0 atom stereocenters. The van der Waals surface area contributed by atoms with Crippen molar-refractivity contribution in [2.24, 2.45) is 10.9 Å². The van der Waals surface area contributed by atoms with Crippen LogP contribution >= 0.6 is 0 Å². The highest BCUT2D eigenvalue weighted by atomic mass is 15.3. The number of aliphatic imine (C=N–C) groups is 1. The maximum atomic E-state index is 4.41. The first-order valence-corrected chi connectivity index (χ1v) is 7.91. The van der Waals surface area contributed by atoms with Crippen LogP contribution in [0.3, 0.4) is 0 Å². The molecule has 1 aromatic rings. The van der Waals surface area contributed by atoms with Gasteiger partial charge in [0.25, 0.3) is 0 Å². The SMILES string of the molecule is CN=C(NCC(C)C)N1CCN(Cc2ccccc2)CC1. The lowest BCUT2D eigenvalue weighted by atomic mass is 10.2. The second kappa shape index (κ2) is 8.03. The van der Waals surface area contributed by atoms with Gasteiger partial charge in [-0.3, -0.25) is 9.89 Å². The zero-order chi connectivity index (χ0) is 15.1. The molecule has 0 saturated carbocycles. The third-order valence-electron chi connectivity index (χ3n) is 3.80. The minimum absolute atomic E-state index is 0.640. The Morgan fingerprint density at radius 3 is 2.38 bits per heavy atom. The van der Waals surface area contributed by atoms with E-state index in [9.17, 15) is 0 Å². The highest BCUT2D eigenvalue weighted by molar-refractivity contribution is 5.80. The van der Waals surface area contributed by atoms with E-state index < -0.39 is 0 Å². The van der Waals surface area contributed by atoms with Crippen LogP contribution in [0.15, 0.2) is 35.3 Å². The minimum atomic E-state index is 0.640. The largest absolute Gasteiger partial charge is 0.356 e. The van der Waals surface area contributed by atoms with Crippen molar-refractivity contribution >= 4 is 5.96 Å². The van der Waals surface area contributed by atoms with Crippen molar-refractivity contribution in [3.05, 3.63) is 35.9 Å². The lowest BCUT2D eigenvalue weighted by Gasteiger charge is -2.36. The van der Waals surface area contributed by atoms with Gasteiger partial charge in [-0.15, -0.1) is 0 Å². The van der Waals surface area contributed by atoms with Gasteiger partial charge in [0.1, 0.15) is 0 Å². The first-order chi connectivity index (χ1) is 10.2. The minimum Gasteiger partial charge on any atom is -0.356 e. The van der Waals surface area contributed by atoms with Crippen LogP contribution in [0.1, 0.15) is 19.4 Å². The molecule has 1 saturated heterocycles. The summed E-state index contributed by atoms with van der Waals surface area (Å²) in [6, 6.07) is 10.7. The van der Waals surface area contributed by atoms with E-state index in [0.717, 1.165) is 45.2 Å². The summed E-state index contributed by atoms with van der Waals surface area (Å²) in [5.74, 6) is 1.68. The van der Waals surface area contributed by atoms with Gasteiger partial charge < -0.3 is 10.2 Å². The number of benzene rings is 1. The molecular weight excluding hydrogens is 260 g/mol. The maximum Gasteiger partial charge on any atom is 0.193 e. The molecule has 0 spiro atoms. The van der Waals surface area contributed by atoms with Crippen molar-refractivity contribution in [2.75, 3.05) is 39.8 Å². The Balaban J connectivity index is 1.79. The van der Waals surface area contributed by atoms with Crippen LogP contribution in [0.5, 0.6) is 0 Å². The van der Waals surface area contributed by atoms with Crippen LogP contribution < -0.4 is 5.32 Å². The van der Waals surface area contributed by atoms with Crippen molar-refractivity contribution in [3.63, 3.8) is 0 Å². The van der Waals surface area contributed by atoms with Gasteiger partial charge in [-0.1, -0.05) is 44.2 Å². The fourth-order valence-electron chi connectivity index (χ4n) is 2.59. The monoisotopic (exact) mass is 288 g/mol. The van der Waals surface area contributed by atoms with Gasteiger partial charge in [-0.2, -0.15) is 0 Å². The van der Waals surface area contributed by atoms with Crippen LogP contribution in [0.25, 0.3) is 0 Å². The summed E-state index contributed by atoms with van der Waals surface area (Å²) >= 11 is 0. The van der Waals surface area contributed by atoms with E-state index >= 15 is 0 Å². The topological polar surface area (TPSA) is 30.9 Å². The molecule has 4 nitrogen and oxygen atoms in total. The Bertz CT molecular complexity index is 433. The lowest BCUT2D eigenvalue weighted by Crippen LogP contribution is -2.52. The van der Waals surface area contributed by atoms with Gasteiger partial charge in [0.2, 0.25) is 0 Å². The average Bonchev–Trinajstić information content (AvgIpc) is 2.50. The first-order valence-electron chi connectivity index (χ1n) is 7.91. The summed E-state index contributed by atoms with van der Waals surface area (Å²) in [6.07, 6.45) is 0. The molecule has 1 aliphatic heterocycles. The molecule has 0 unspecified atom stereocenters. The van der Waals surface area contributed by atoms with Crippen LogP contribution in [-0.4, -0.2) is 55.5 Å². The molecule has 0 aromatic heterocycles. The molecule has 0 amide bonds. The van der Waals surface area contributed by atoms with Crippen molar-refractivity contribution in [3.8, 4) is 0 Å². The summed E-state index contributed by atoms with van der Waals surface area (Å²) in [6.45, 7) is 10.8. The fraction of sp³-hybridized carbons (Fsp3) is 0.588. The van der Waals surface area contributed by atoms with E-state index in [2.05, 4.69) is 64.3 Å². The predicted molar refractivity (Wildman–Crippen MR) is 89.5 cm³/mol. The number of hydrogen-bond donors (Lipinski definition) is 1. The molecule has 1 aromatic carbocycles. The van der Waals surface area contributed by atoms with Gasteiger partial charge in [0.15, 0.2) is 5.96 Å². The molecule has 21 heavy (non-hydrogen) atoms. The highest BCUT2D eigenvalue weighted by Crippen LogP contribution is 2.08. The third-order valence-corrected chi connectivity index (χ3v) is 3.80. The van der Waals surface area contributed by atoms with Gasteiger partial charge in [0.05, 0.1) is 0 Å². The third kappa shape index (κ3) is 5.05. The summed E-state index contributed by atoms with van der Waals surface area (Å²) in [7, 11) is 1.87. The van der Waals surface area contributed by atoms with E-state index in [4.69, 9.17) is 0 Å². The van der Waals surface area contributed by atoms with Gasteiger partial charge in [-0.25, -0.2) is 0 Å². The molecule has 116 valence electrons. The van der Waals surface area contributed by atoms with Gasteiger partial charge in [-0.05, 0) is 11.5 Å². The number of guanidine groups is 1. The van der Waals surface area contributed by atoms with Crippen LogP contribution in [0.2, 0.25) is 0 Å². The lowest BCUT2D eigenvalue weighted by molar-refractivity contribution is 0.172. The Kier molecular flexibility index (Phi) is 6.05. The van der Waals surface area contributed by atoms with Crippen LogP contribution in [0, 0.1) is 5.92 Å². The van der Waals surface area contributed by atoms with E-state index in [1.165, 1.54) is 5.56 Å². The molecule has 2 rings (SSSR count). The summed E-state index contributed by atoms with van der Waals surface area (Å²) in [4.78, 5) is 9.29. The summed E-state index contributed by atoms with van der Waals surface area (Å²) in [5.41, 5.74) is 1.40. The number of hydrogen-bond acceptors (Lipinski definition) is 2. The Morgan fingerprint density at radius 1 is 1.14 bits per heavy atom. The molecule has 1 heterocycles. The molecule has 0 radical (unpaired) electrons. The number of rotatable bonds is 4. The Labute approximate surface area is 128 Å². The quantitative estimate of drug-likeness (QED) is 0.679. The number of nitrogens with one attached hydrogen (secondary N) is 1. The number of nitrogens with zero attached hydrogens (tertiary/aromatic N) is 3. The molecule has 0 bridgehead atoms. The van der Waals surface area contributed by atoms with E-state index in [0.29, 0.717) is 5.92 Å². The van der Waals surface area contributed by atoms with Crippen molar-refractivity contribution < 1.29 is 0 Å². The van der Waals surface area contributed by atoms with E-state index in [1.807, 2.05) is 7.05 Å². The molecule has 1 N–H and O–H groups in total. The molecule has 4 heteroatoms. The molecule has 1 aliphatic rings. The molecular formula is C17H28N4. The normalized spacial score (nSPS) is 17.3. The standard InChI is InChI=1S/C17H28N4/c1-15(2)13-19-17(18-3)21-11-9-20(10-12-21)14-16-7-5-4-6-8-16/h4-8,15H,9-14H2,1-3H3,(H,18,19). The Morgan fingerprint density at radius 2 is 1.81 bits per heavy atom. The van der Waals surface area contributed by atoms with Crippen LogP contribution in [0.4, 0.5) is 0 Å². The summed E-state index contributed by atoms with van der Waals surface area (Å²) < 4.78 is 0. The van der Waals surface area contributed by atoms with Crippen molar-refractivity contribution in [2.45, 2.75) is 20.4 Å². The zero-order valence-electron chi connectivity index (χ0n) is 13.5. The maximum absolute atomic E-state index is 4.41. The van der Waals surface area contributed by atoms with E-state index in [1.54, 1.807) is 0 Å². The van der Waals surface area contributed by atoms with Gasteiger partial charge >= 0.3 is 0 Å². The zero-order valence-corrected chi connectivity index (χ0v) is 13.5. The second-order valence-electron chi connectivity index (χ2n) is 6.07. The molecule has 0 aliphatic carbocycles.